The van der Waals surface area contributed by atoms with Crippen molar-refractivity contribution in [2.45, 2.75) is 13.0 Å². The van der Waals surface area contributed by atoms with Gasteiger partial charge in [0.05, 0.1) is 6.10 Å². The molecule has 19 heavy (non-hydrogen) atoms. The van der Waals surface area contributed by atoms with Gasteiger partial charge < -0.3 is 14.9 Å². The molecule has 0 saturated carbocycles. The van der Waals surface area contributed by atoms with Crippen LogP contribution in [-0.2, 0) is 4.79 Å². The number of hydrogen-bond donors (Lipinski definition) is 1. The van der Waals surface area contributed by atoms with Crippen LogP contribution in [0, 0.1) is 0 Å². The van der Waals surface area contributed by atoms with Gasteiger partial charge >= 0.3 is 0 Å². The van der Waals surface area contributed by atoms with Crippen molar-refractivity contribution >= 4 is 17.8 Å². The Kier molecular flexibility index (Phi) is 4.16. The second-order valence-corrected chi connectivity index (χ2v) is 4.72. The van der Waals surface area contributed by atoms with Gasteiger partial charge in [-0.15, -0.1) is 0 Å². The average molecular weight is 261 g/mol. The molecule has 0 unspecified atom stereocenters. The van der Waals surface area contributed by atoms with Crippen LogP contribution in [0.2, 0.25) is 0 Å². The van der Waals surface area contributed by atoms with E-state index in [0.717, 1.165) is 11.4 Å². The molecule has 1 amide bonds. The van der Waals surface area contributed by atoms with E-state index in [9.17, 15) is 9.90 Å². The monoisotopic (exact) mass is 261 g/mol. The summed E-state index contributed by atoms with van der Waals surface area (Å²) in [7, 11) is 0. The fraction of sp³-hybridized carbons (Fsp3) is 0.429. The Hall–Kier alpha value is -1.88. The van der Waals surface area contributed by atoms with E-state index in [0.29, 0.717) is 26.2 Å². The maximum Gasteiger partial charge on any atom is 0.219 e. The third kappa shape index (κ3) is 3.32. The van der Waals surface area contributed by atoms with Gasteiger partial charge in [-0.2, -0.15) is 0 Å². The molecule has 1 aliphatic rings. The number of carbonyl (C=O) groups excluding carboxylic acids is 1. The van der Waals surface area contributed by atoms with Gasteiger partial charge in [0.15, 0.2) is 0 Å². The molecular formula is C14H19N3O2. The van der Waals surface area contributed by atoms with E-state index in [1.807, 2.05) is 17.0 Å². The fourth-order valence-electron chi connectivity index (χ4n) is 2.19. The summed E-state index contributed by atoms with van der Waals surface area (Å²) in [6.07, 6.45) is 2.95. The summed E-state index contributed by atoms with van der Waals surface area (Å²) in [6, 6.07) is 3.85. The van der Waals surface area contributed by atoms with Crippen molar-refractivity contribution in [3.05, 3.63) is 30.5 Å². The van der Waals surface area contributed by atoms with E-state index >= 15 is 0 Å². The molecule has 1 aromatic rings. The first-order valence-electron chi connectivity index (χ1n) is 6.37. The molecule has 1 N–H and O–H groups in total. The third-order valence-electron chi connectivity index (χ3n) is 3.28. The van der Waals surface area contributed by atoms with Crippen LogP contribution in [0.4, 0.5) is 5.82 Å². The van der Waals surface area contributed by atoms with Gasteiger partial charge in [0, 0.05) is 39.3 Å². The van der Waals surface area contributed by atoms with E-state index in [1.54, 1.807) is 17.2 Å². The Morgan fingerprint density at radius 2 is 2.26 bits per heavy atom. The molecule has 1 fully saturated rings. The smallest absolute Gasteiger partial charge is 0.219 e. The zero-order valence-electron chi connectivity index (χ0n) is 11.1. The number of aromatic nitrogens is 1. The minimum absolute atomic E-state index is 0.00383. The Bertz CT molecular complexity index is 458. The van der Waals surface area contributed by atoms with Crippen LogP contribution in [0.3, 0.4) is 0 Å². The average Bonchev–Trinajstić information content (AvgIpc) is 2.61. The predicted octanol–water partition coefficient (Wildman–Crippen LogP) is 0.754. The number of hydrogen-bond acceptors (Lipinski definition) is 4. The van der Waals surface area contributed by atoms with E-state index in [2.05, 4.69) is 11.6 Å². The molecule has 0 aromatic carbocycles. The third-order valence-corrected chi connectivity index (χ3v) is 3.28. The molecule has 0 radical (unpaired) electrons. The van der Waals surface area contributed by atoms with Crippen LogP contribution in [0.25, 0.3) is 6.08 Å². The van der Waals surface area contributed by atoms with Crippen molar-refractivity contribution in [1.29, 1.82) is 0 Å². The summed E-state index contributed by atoms with van der Waals surface area (Å²) in [5.41, 5.74) is 0.962. The number of anilines is 1. The molecule has 1 aliphatic heterocycles. The van der Waals surface area contributed by atoms with E-state index in [1.165, 1.54) is 6.92 Å². The SMILES string of the molecule is C=Cc1ccc(N2CCN(C(C)=O)C[C@@H](O)C2)nc1. The molecule has 2 rings (SSSR count). The van der Waals surface area contributed by atoms with Gasteiger partial charge in [0.2, 0.25) is 5.91 Å². The standard InChI is InChI=1S/C14H19N3O2/c1-3-12-4-5-14(15-8-12)17-7-6-16(11(2)18)9-13(19)10-17/h3-5,8,13,19H,1,6-7,9-10H2,2H3/t13-/m1/s1. The lowest BCUT2D eigenvalue weighted by Crippen LogP contribution is -2.36. The van der Waals surface area contributed by atoms with Crippen molar-refractivity contribution < 1.29 is 9.90 Å². The van der Waals surface area contributed by atoms with Crippen molar-refractivity contribution in [2.24, 2.45) is 0 Å². The quantitative estimate of drug-likeness (QED) is 0.853. The lowest BCUT2D eigenvalue weighted by atomic mass is 10.2. The number of rotatable bonds is 2. The topological polar surface area (TPSA) is 56.7 Å². The minimum Gasteiger partial charge on any atom is -0.389 e. The number of pyridine rings is 1. The summed E-state index contributed by atoms with van der Waals surface area (Å²) in [5.74, 6) is 0.811. The largest absolute Gasteiger partial charge is 0.389 e. The van der Waals surface area contributed by atoms with E-state index < -0.39 is 6.10 Å². The van der Waals surface area contributed by atoms with Crippen molar-refractivity contribution in [1.82, 2.24) is 9.88 Å². The lowest BCUT2D eigenvalue weighted by molar-refractivity contribution is -0.129. The second-order valence-electron chi connectivity index (χ2n) is 4.72. The van der Waals surface area contributed by atoms with Gasteiger partial charge in [-0.1, -0.05) is 12.7 Å². The van der Waals surface area contributed by atoms with Crippen LogP contribution in [0.1, 0.15) is 12.5 Å². The lowest BCUT2D eigenvalue weighted by Gasteiger charge is -2.22. The predicted molar refractivity (Wildman–Crippen MR) is 74.8 cm³/mol. The molecular weight excluding hydrogens is 242 g/mol. The Labute approximate surface area is 113 Å². The zero-order chi connectivity index (χ0) is 13.8. The molecule has 102 valence electrons. The van der Waals surface area contributed by atoms with Gasteiger partial charge in [-0.3, -0.25) is 4.79 Å². The maximum atomic E-state index is 11.4. The normalized spacial score (nSPS) is 20.0. The zero-order valence-corrected chi connectivity index (χ0v) is 11.1. The van der Waals surface area contributed by atoms with E-state index in [-0.39, 0.29) is 5.91 Å². The molecule has 5 heteroatoms. The molecule has 2 heterocycles. The molecule has 0 aliphatic carbocycles. The molecule has 0 spiro atoms. The first-order chi connectivity index (χ1) is 9.10. The van der Waals surface area contributed by atoms with Gasteiger partial charge in [-0.05, 0) is 17.7 Å². The summed E-state index contributed by atoms with van der Waals surface area (Å²) in [6.45, 7) is 7.38. The van der Waals surface area contributed by atoms with Crippen LogP contribution < -0.4 is 4.90 Å². The highest BCUT2D eigenvalue weighted by Crippen LogP contribution is 2.15. The summed E-state index contributed by atoms with van der Waals surface area (Å²) in [5, 5.41) is 9.96. The summed E-state index contributed by atoms with van der Waals surface area (Å²) >= 11 is 0. The number of aliphatic hydroxyl groups is 1. The first-order valence-corrected chi connectivity index (χ1v) is 6.37. The number of aliphatic hydroxyl groups excluding tert-OH is 1. The molecule has 5 nitrogen and oxygen atoms in total. The number of β-amino-alcohol motifs (C(OH)–C–C–N with tert-alkyl or cyclic N) is 1. The van der Waals surface area contributed by atoms with Crippen molar-refractivity contribution in [2.75, 3.05) is 31.1 Å². The molecule has 1 aromatic heterocycles. The summed E-state index contributed by atoms with van der Waals surface area (Å²) in [4.78, 5) is 19.4. The highest BCUT2D eigenvalue weighted by Gasteiger charge is 2.23. The van der Waals surface area contributed by atoms with E-state index in [4.69, 9.17) is 0 Å². The highest BCUT2D eigenvalue weighted by atomic mass is 16.3. The van der Waals surface area contributed by atoms with Crippen LogP contribution in [0.5, 0.6) is 0 Å². The summed E-state index contributed by atoms with van der Waals surface area (Å²) < 4.78 is 0. The van der Waals surface area contributed by atoms with Gasteiger partial charge in [0.25, 0.3) is 0 Å². The minimum atomic E-state index is -0.549. The van der Waals surface area contributed by atoms with Gasteiger partial charge in [0.1, 0.15) is 5.82 Å². The first kappa shape index (κ1) is 13.5. The molecule has 1 saturated heterocycles. The fourth-order valence-corrected chi connectivity index (χ4v) is 2.19. The number of nitrogens with zero attached hydrogens (tertiary/aromatic N) is 3. The molecule has 1 atom stereocenters. The Morgan fingerprint density at radius 3 is 2.84 bits per heavy atom. The highest BCUT2D eigenvalue weighted by molar-refractivity contribution is 5.73. The maximum absolute atomic E-state index is 11.4. The van der Waals surface area contributed by atoms with Crippen LogP contribution >= 0.6 is 0 Å². The van der Waals surface area contributed by atoms with Crippen molar-refractivity contribution in [3.8, 4) is 0 Å². The van der Waals surface area contributed by atoms with Crippen LogP contribution in [0.15, 0.2) is 24.9 Å². The number of carbonyl (C=O) groups is 1. The second kappa shape index (κ2) is 5.84. The number of amides is 1. The Balaban J connectivity index is 2.11. The molecule has 0 bridgehead atoms. The van der Waals surface area contributed by atoms with Gasteiger partial charge in [-0.25, -0.2) is 4.98 Å². The van der Waals surface area contributed by atoms with Crippen LogP contribution in [-0.4, -0.2) is 53.2 Å². The Morgan fingerprint density at radius 1 is 1.47 bits per heavy atom. The van der Waals surface area contributed by atoms with Crippen molar-refractivity contribution in [3.63, 3.8) is 0 Å².